The molecule has 0 aromatic carbocycles. The van der Waals surface area contributed by atoms with Crippen LogP contribution in [0.4, 0.5) is 0 Å². The first-order valence-electron chi connectivity index (χ1n) is 4.78. The minimum absolute atomic E-state index is 0.204. The van der Waals surface area contributed by atoms with Crippen LogP contribution < -0.4 is 5.32 Å². The maximum Gasteiger partial charge on any atom is 0.320 e. The van der Waals surface area contributed by atoms with Gasteiger partial charge in [-0.15, -0.1) is 0 Å². The van der Waals surface area contributed by atoms with Crippen LogP contribution in [0.15, 0.2) is 0 Å². The summed E-state index contributed by atoms with van der Waals surface area (Å²) in [5.41, 5.74) is 0. The summed E-state index contributed by atoms with van der Waals surface area (Å²) in [6.45, 7) is 3.10. The highest BCUT2D eigenvalue weighted by Gasteiger charge is 2.16. The van der Waals surface area contributed by atoms with E-state index in [1.807, 2.05) is 0 Å². The molecule has 0 amide bonds. The summed E-state index contributed by atoms with van der Waals surface area (Å²) in [6.07, 6.45) is 3.56. The molecule has 4 heteroatoms. The number of hydrogen-bond donors (Lipinski definition) is 2. The molecular weight excluding hydrogens is 170 g/mol. The lowest BCUT2D eigenvalue weighted by molar-refractivity contribution is -0.139. The third kappa shape index (κ3) is 3.74. The normalized spacial score (nSPS) is 25.5. The maximum atomic E-state index is 10.5. The van der Waals surface area contributed by atoms with Crippen molar-refractivity contribution >= 4 is 5.97 Å². The van der Waals surface area contributed by atoms with Gasteiger partial charge in [0.25, 0.3) is 0 Å². The summed E-state index contributed by atoms with van der Waals surface area (Å²) in [5, 5.41) is 11.5. The first kappa shape index (κ1) is 10.5. The molecule has 13 heavy (non-hydrogen) atoms. The van der Waals surface area contributed by atoms with Crippen LogP contribution in [0, 0.1) is 0 Å². The lowest BCUT2D eigenvalue weighted by atomic mass is 10.1. The fourth-order valence-electron chi connectivity index (χ4n) is 1.36. The number of carboxylic acids is 1. The highest BCUT2D eigenvalue weighted by Crippen LogP contribution is 2.11. The van der Waals surface area contributed by atoms with Crippen LogP contribution in [0.5, 0.6) is 0 Å². The zero-order valence-electron chi connectivity index (χ0n) is 7.95. The lowest BCUT2D eigenvalue weighted by Gasteiger charge is -2.23. The van der Waals surface area contributed by atoms with Gasteiger partial charge in [-0.2, -0.15) is 0 Å². The molecule has 1 heterocycles. The standard InChI is InChI=1S/C9H17NO3/c1-7(9(11)12)10-6-8-4-2-3-5-13-8/h7-8,10H,2-6H2,1H3,(H,11,12). The van der Waals surface area contributed by atoms with Crippen LogP contribution in [0.3, 0.4) is 0 Å². The molecule has 2 atom stereocenters. The van der Waals surface area contributed by atoms with Crippen molar-refractivity contribution in [3.63, 3.8) is 0 Å². The molecule has 1 aliphatic heterocycles. The van der Waals surface area contributed by atoms with Gasteiger partial charge in [-0.05, 0) is 26.2 Å². The first-order chi connectivity index (χ1) is 6.20. The van der Waals surface area contributed by atoms with Gasteiger partial charge < -0.3 is 15.2 Å². The van der Waals surface area contributed by atoms with Gasteiger partial charge in [0.05, 0.1) is 6.10 Å². The van der Waals surface area contributed by atoms with Crippen molar-refractivity contribution in [2.45, 2.75) is 38.3 Å². The number of carbonyl (C=O) groups is 1. The number of rotatable bonds is 4. The van der Waals surface area contributed by atoms with Crippen molar-refractivity contribution in [1.29, 1.82) is 0 Å². The second-order valence-electron chi connectivity index (χ2n) is 3.46. The largest absolute Gasteiger partial charge is 0.480 e. The number of carboxylic acid groups (broad SMARTS) is 1. The number of ether oxygens (including phenoxy) is 1. The van der Waals surface area contributed by atoms with E-state index in [1.54, 1.807) is 6.92 Å². The maximum absolute atomic E-state index is 10.5. The predicted octanol–water partition coefficient (Wildman–Crippen LogP) is 0.618. The lowest BCUT2D eigenvalue weighted by Crippen LogP contribution is -2.40. The minimum atomic E-state index is -0.809. The van der Waals surface area contributed by atoms with Crippen molar-refractivity contribution in [3.05, 3.63) is 0 Å². The molecule has 4 nitrogen and oxygen atoms in total. The van der Waals surface area contributed by atoms with Gasteiger partial charge >= 0.3 is 5.97 Å². The van der Waals surface area contributed by atoms with E-state index in [-0.39, 0.29) is 6.10 Å². The summed E-state index contributed by atoms with van der Waals surface area (Å²) < 4.78 is 5.45. The predicted molar refractivity (Wildman–Crippen MR) is 48.7 cm³/mol. The van der Waals surface area contributed by atoms with Crippen molar-refractivity contribution in [2.24, 2.45) is 0 Å². The smallest absolute Gasteiger partial charge is 0.320 e. The summed E-state index contributed by atoms with van der Waals surface area (Å²) >= 11 is 0. The summed E-state index contributed by atoms with van der Waals surface area (Å²) in [5.74, 6) is -0.809. The van der Waals surface area contributed by atoms with Crippen molar-refractivity contribution < 1.29 is 14.6 Å². The van der Waals surface area contributed by atoms with E-state index in [0.717, 1.165) is 19.4 Å². The third-order valence-corrected chi connectivity index (χ3v) is 2.30. The minimum Gasteiger partial charge on any atom is -0.480 e. The average Bonchev–Trinajstić information content (AvgIpc) is 2.15. The molecular formula is C9H17NO3. The van der Waals surface area contributed by atoms with Gasteiger partial charge in [0.2, 0.25) is 0 Å². The number of aliphatic carboxylic acids is 1. The van der Waals surface area contributed by atoms with Crippen molar-refractivity contribution in [3.8, 4) is 0 Å². The highest BCUT2D eigenvalue weighted by atomic mass is 16.5. The SMILES string of the molecule is CC(NCC1CCCCO1)C(=O)O. The molecule has 0 spiro atoms. The third-order valence-electron chi connectivity index (χ3n) is 2.30. The molecule has 2 unspecified atom stereocenters. The van der Waals surface area contributed by atoms with E-state index in [0.29, 0.717) is 6.54 Å². The zero-order valence-corrected chi connectivity index (χ0v) is 7.95. The quantitative estimate of drug-likeness (QED) is 0.677. The van der Waals surface area contributed by atoms with Gasteiger partial charge in [0.15, 0.2) is 0 Å². The molecule has 0 aromatic heterocycles. The van der Waals surface area contributed by atoms with Crippen molar-refractivity contribution in [2.75, 3.05) is 13.2 Å². The second-order valence-corrected chi connectivity index (χ2v) is 3.46. The fraction of sp³-hybridized carbons (Fsp3) is 0.889. The van der Waals surface area contributed by atoms with Crippen LogP contribution in [0.25, 0.3) is 0 Å². The van der Waals surface area contributed by atoms with Gasteiger partial charge in [-0.1, -0.05) is 0 Å². The molecule has 1 rings (SSSR count). The van der Waals surface area contributed by atoms with Gasteiger partial charge in [0.1, 0.15) is 6.04 Å². The Morgan fingerprint density at radius 2 is 2.46 bits per heavy atom. The molecule has 1 fully saturated rings. The highest BCUT2D eigenvalue weighted by molar-refractivity contribution is 5.72. The number of hydrogen-bond acceptors (Lipinski definition) is 3. The van der Waals surface area contributed by atoms with Crippen LogP contribution in [0.2, 0.25) is 0 Å². The summed E-state index contributed by atoms with van der Waals surface area (Å²) in [4.78, 5) is 10.5. The Morgan fingerprint density at radius 3 is 3.00 bits per heavy atom. The summed E-state index contributed by atoms with van der Waals surface area (Å²) in [6, 6.07) is -0.481. The Kier molecular flexibility index (Phi) is 4.18. The van der Waals surface area contributed by atoms with Crippen LogP contribution in [-0.4, -0.2) is 36.4 Å². The van der Waals surface area contributed by atoms with Crippen LogP contribution >= 0.6 is 0 Å². The van der Waals surface area contributed by atoms with E-state index in [2.05, 4.69) is 5.32 Å². The van der Waals surface area contributed by atoms with Gasteiger partial charge in [0, 0.05) is 13.2 Å². The van der Waals surface area contributed by atoms with Crippen LogP contribution in [0.1, 0.15) is 26.2 Å². The van der Waals surface area contributed by atoms with E-state index >= 15 is 0 Å². The molecule has 1 saturated heterocycles. The Labute approximate surface area is 78.3 Å². The molecule has 76 valence electrons. The fourth-order valence-corrected chi connectivity index (χ4v) is 1.36. The topological polar surface area (TPSA) is 58.6 Å². The molecule has 1 aliphatic rings. The molecule has 2 N–H and O–H groups in total. The Morgan fingerprint density at radius 1 is 1.69 bits per heavy atom. The first-order valence-corrected chi connectivity index (χ1v) is 4.78. The van der Waals surface area contributed by atoms with Gasteiger partial charge in [-0.25, -0.2) is 0 Å². The van der Waals surface area contributed by atoms with E-state index < -0.39 is 12.0 Å². The van der Waals surface area contributed by atoms with E-state index in [4.69, 9.17) is 9.84 Å². The molecule has 0 saturated carbocycles. The molecule has 0 radical (unpaired) electrons. The zero-order chi connectivity index (χ0) is 9.68. The van der Waals surface area contributed by atoms with Crippen molar-refractivity contribution in [1.82, 2.24) is 5.32 Å². The Hall–Kier alpha value is -0.610. The van der Waals surface area contributed by atoms with E-state index in [1.165, 1.54) is 6.42 Å². The summed E-state index contributed by atoms with van der Waals surface area (Å²) in [7, 11) is 0. The van der Waals surface area contributed by atoms with E-state index in [9.17, 15) is 4.79 Å². The Bertz CT molecular complexity index is 166. The second kappa shape index (κ2) is 5.19. The molecule has 0 aliphatic carbocycles. The molecule has 0 aromatic rings. The Balaban J connectivity index is 2.13. The number of nitrogens with one attached hydrogen (secondary N) is 1. The average molecular weight is 187 g/mol. The molecule has 0 bridgehead atoms. The van der Waals surface area contributed by atoms with Gasteiger partial charge in [-0.3, -0.25) is 4.79 Å². The monoisotopic (exact) mass is 187 g/mol. The van der Waals surface area contributed by atoms with Crippen LogP contribution in [-0.2, 0) is 9.53 Å².